The molecule has 118 valence electrons. The number of ketones is 1. The number of hydrogen-bond acceptors (Lipinski definition) is 4. The SMILES string of the molecule is CCSC1=C(C#N)[C@@H](c2ccc(Cl)cc2)C2=C(CCCC2=O)N1. The highest BCUT2D eigenvalue weighted by atomic mass is 35.5. The van der Waals surface area contributed by atoms with Crippen molar-refractivity contribution in [3.63, 3.8) is 0 Å². The van der Waals surface area contributed by atoms with Crippen LogP contribution in [0.4, 0.5) is 0 Å². The summed E-state index contributed by atoms with van der Waals surface area (Å²) in [4.78, 5) is 12.5. The second-order valence-corrected chi connectivity index (χ2v) is 7.28. The highest BCUT2D eigenvalue weighted by molar-refractivity contribution is 8.03. The number of hydrogen-bond donors (Lipinski definition) is 1. The van der Waals surface area contributed by atoms with Gasteiger partial charge in [0.25, 0.3) is 0 Å². The molecule has 5 heteroatoms. The summed E-state index contributed by atoms with van der Waals surface area (Å²) in [6.45, 7) is 2.06. The minimum atomic E-state index is -0.282. The van der Waals surface area contributed by atoms with E-state index >= 15 is 0 Å². The fourth-order valence-electron chi connectivity index (χ4n) is 3.17. The van der Waals surface area contributed by atoms with Gasteiger partial charge in [0.15, 0.2) is 5.78 Å². The number of nitrogens with one attached hydrogen (secondary N) is 1. The van der Waals surface area contributed by atoms with E-state index in [-0.39, 0.29) is 11.7 Å². The maximum absolute atomic E-state index is 12.5. The van der Waals surface area contributed by atoms with Crippen LogP contribution in [-0.2, 0) is 4.79 Å². The smallest absolute Gasteiger partial charge is 0.161 e. The number of allylic oxidation sites excluding steroid dienone is 3. The summed E-state index contributed by atoms with van der Waals surface area (Å²) in [5.41, 5.74) is 3.32. The maximum atomic E-state index is 12.5. The first-order valence-electron chi connectivity index (χ1n) is 7.71. The van der Waals surface area contributed by atoms with E-state index in [1.54, 1.807) is 11.8 Å². The van der Waals surface area contributed by atoms with Crippen LogP contribution in [0.25, 0.3) is 0 Å². The predicted molar refractivity (Wildman–Crippen MR) is 94.0 cm³/mol. The minimum Gasteiger partial charge on any atom is -0.352 e. The van der Waals surface area contributed by atoms with E-state index in [1.165, 1.54) is 0 Å². The second kappa shape index (κ2) is 6.82. The van der Waals surface area contributed by atoms with Gasteiger partial charge in [-0.15, -0.1) is 11.8 Å². The molecule has 0 saturated carbocycles. The summed E-state index contributed by atoms with van der Waals surface area (Å²) in [5.74, 6) is 0.736. The molecule has 23 heavy (non-hydrogen) atoms. The molecule has 0 radical (unpaired) electrons. The van der Waals surface area contributed by atoms with E-state index in [1.807, 2.05) is 24.3 Å². The number of carbonyl (C=O) groups is 1. The molecule has 3 nitrogen and oxygen atoms in total. The molecule has 1 atom stereocenters. The minimum absolute atomic E-state index is 0.145. The number of benzene rings is 1. The molecule has 0 saturated heterocycles. The van der Waals surface area contributed by atoms with Crippen molar-refractivity contribution in [2.24, 2.45) is 0 Å². The van der Waals surface area contributed by atoms with E-state index in [4.69, 9.17) is 11.6 Å². The van der Waals surface area contributed by atoms with E-state index in [9.17, 15) is 10.1 Å². The standard InChI is InChI=1S/C18H17ClN2OS/c1-2-23-18-13(10-20)16(11-6-8-12(19)9-7-11)17-14(21-18)4-3-5-15(17)22/h6-9,16,21H,2-5H2,1H3/t16-/m1/s1. The van der Waals surface area contributed by atoms with Crippen LogP contribution in [0.3, 0.4) is 0 Å². The molecule has 0 unspecified atom stereocenters. The molecule has 3 rings (SSSR count). The highest BCUT2D eigenvalue weighted by Crippen LogP contribution is 2.44. The Balaban J connectivity index is 2.16. The maximum Gasteiger partial charge on any atom is 0.161 e. The quantitative estimate of drug-likeness (QED) is 0.875. The lowest BCUT2D eigenvalue weighted by Crippen LogP contribution is -2.31. The van der Waals surface area contributed by atoms with E-state index in [0.29, 0.717) is 17.0 Å². The van der Waals surface area contributed by atoms with Gasteiger partial charge in [0.2, 0.25) is 0 Å². The Morgan fingerprint density at radius 2 is 2.09 bits per heavy atom. The van der Waals surface area contributed by atoms with Crippen LogP contribution < -0.4 is 5.32 Å². The van der Waals surface area contributed by atoms with Crippen molar-refractivity contribution in [3.05, 3.63) is 56.7 Å². The summed E-state index contributed by atoms with van der Waals surface area (Å²) in [7, 11) is 0. The van der Waals surface area contributed by atoms with E-state index in [2.05, 4.69) is 18.3 Å². The van der Waals surface area contributed by atoms with E-state index < -0.39 is 0 Å². The normalized spacial score (nSPS) is 20.9. The number of carbonyl (C=O) groups excluding carboxylic acids is 1. The highest BCUT2D eigenvalue weighted by Gasteiger charge is 2.36. The van der Waals surface area contributed by atoms with Crippen LogP contribution in [0.1, 0.15) is 37.7 Å². The van der Waals surface area contributed by atoms with Gasteiger partial charge < -0.3 is 5.32 Å². The zero-order valence-electron chi connectivity index (χ0n) is 12.9. The molecule has 2 aliphatic rings. The van der Waals surface area contributed by atoms with Gasteiger partial charge in [-0.3, -0.25) is 4.79 Å². The number of nitrogens with zero attached hydrogens (tertiary/aromatic N) is 1. The summed E-state index contributed by atoms with van der Waals surface area (Å²) in [5, 5.41) is 14.6. The number of dihydropyridines is 1. The Bertz CT molecular complexity index is 743. The fraction of sp³-hybridized carbons (Fsp3) is 0.333. The third-order valence-electron chi connectivity index (χ3n) is 4.16. The van der Waals surface area contributed by atoms with Crippen molar-refractivity contribution in [2.45, 2.75) is 32.1 Å². The van der Waals surface area contributed by atoms with Crippen molar-refractivity contribution in [2.75, 3.05) is 5.75 Å². The molecule has 1 heterocycles. The van der Waals surface area contributed by atoms with Gasteiger partial charge in [0.05, 0.1) is 22.6 Å². The number of halogens is 1. The molecule has 1 N–H and O–H groups in total. The van der Waals surface area contributed by atoms with Crippen molar-refractivity contribution in [1.82, 2.24) is 5.32 Å². The Kier molecular flexibility index (Phi) is 4.79. The Labute approximate surface area is 145 Å². The fourth-order valence-corrected chi connectivity index (χ4v) is 4.10. The first-order valence-corrected chi connectivity index (χ1v) is 9.07. The average Bonchev–Trinajstić information content (AvgIpc) is 2.55. The third kappa shape index (κ3) is 3.04. The average molecular weight is 345 g/mol. The topological polar surface area (TPSA) is 52.9 Å². The lowest BCUT2D eigenvalue weighted by Gasteiger charge is -2.33. The van der Waals surface area contributed by atoms with Gasteiger partial charge >= 0.3 is 0 Å². The predicted octanol–water partition coefficient (Wildman–Crippen LogP) is 4.52. The lowest BCUT2D eigenvalue weighted by molar-refractivity contribution is -0.116. The molecule has 0 amide bonds. The van der Waals surface area contributed by atoms with Gasteiger partial charge in [-0.2, -0.15) is 5.26 Å². The number of rotatable bonds is 3. The molecule has 0 bridgehead atoms. The molecule has 1 aromatic rings. The Hall–Kier alpha value is -1.70. The summed E-state index contributed by atoms with van der Waals surface area (Å²) >= 11 is 7.61. The number of Topliss-reactive ketones (excluding diaryl/α,β-unsaturated/α-hetero) is 1. The van der Waals surface area contributed by atoms with Gasteiger partial charge in [-0.1, -0.05) is 30.7 Å². The summed E-state index contributed by atoms with van der Waals surface area (Å²) < 4.78 is 0. The van der Waals surface area contributed by atoms with Crippen molar-refractivity contribution < 1.29 is 4.79 Å². The summed E-state index contributed by atoms with van der Waals surface area (Å²) in [6.07, 6.45) is 2.28. The summed E-state index contributed by atoms with van der Waals surface area (Å²) in [6, 6.07) is 9.79. The molecular formula is C18H17ClN2OS. The zero-order chi connectivity index (χ0) is 16.4. The molecule has 1 aromatic carbocycles. The van der Waals surface area contributed by atoms with Crippen molar-refractivity contribution >= 4 is 29.1 Å². The van der Waals surface area contributed by atoms with Gasteiger partial charge in [0, 0.05) is 22.7 Å². The third-order valence-corrected chi connectivity index (χ3v) is 5.31. The number of thioether (sulfide) groups is 1. The molecule has 0 spiro atoms. The molecular weight excluding hydrogens is 328 g/mol. The Morgan fingerprint density at radius 3 is 2.74 bits per heavy atom. The monoisotopic (exact) mass is 344 g/mol. The first-order chi connectivity index (χ1) is 11.2. The largest absolute Gasteiger partial charge is 0.352 e. The van der Waals surface area contributed by atoms with Crippen molar-refractivity contribution in [1.29, 1.82) is 5.26 Å². The van der Waals surface area contributed by atoms with Crippen LogP contribution in [-0.4, -0.2) is 11.5 Å². The number of nitriles is 1. The first kappa shape index (κ1) is 16.2. The Morgan fingerprint density at radius 1 is 1.35 bits per heavy atom. The molecule has 1 aliphatic carbocycles. The van der Waals surface area contributed by atoms with Gasteiger partial charge in [-0.25, -0.2) is 0 Å². The van der Waals surface area contributed by atoms with Crippen LogP contribution in [0, 0.1) is 11.3 Å². The molecule has 1 aliphatic heterocycles. The molecule has 0 fully saturated rings. The zero-order valence-corrected chi connectivity index (χ0v) is 14.4. The van der Waals surface area contributed by atoms with Crippen molar-refractivity contribution in [3.8, 4) is 6.07 Å². The van der Waals surface area contributed by atoms with Gasteiger partial charge in [-0.05, 0) is 36.3 Å². The van der Waals surface area contributed by atoms with Crippen LogP contribution in [0.2, 0.25) is 5.02 Å². The van der Waals surface area contributed by atoms with Gasteiger partial charge in [0.1, 0.15) is 0 Å². The second-order valence-electron chi connectivity index (χ2n) is 5.57. The lowest BCUT2D eigenvalue weighted by atomic mass is 9.77. The van der Waals surface area contributed by atoms with Crippen LogP contribution in [0.15, 0.2) is 46.1 Å². The van der Waals surface area contributed by atoms with Crippen LogP contribution >= 0.6 is 23.4 Å². The van der Waals surface area contributed by atoms with E-state index in [0.717, 1.165) is 40.5 Å². The van der Waals surface area contributed by atoms with Crippen LogP contribution in [0.5, 0.6) is 0 Å². The molecule has 0 aromatic heterocycles.